The van der Waals surface area contributed by atoms with Crippen molar-refractivity contribution in [3.63, 3.8) is 0 Å². The highest BCUT2D eigenvalue weighted by molar-refractivity contribution is 6.76. The number of nitrogens with one attached hydrogen (secondary N) is 1. The number of amides is 1. The molecule has 1 saturated heterocycles. The van der Waals surface area contributed by atoms with Crippen molar-refractivity contribution >= 4 is 40.7 Å². The van der Waals surface area contributed by atoms with Gasteiger partial charge in [-0.15, -0.1) is 6.58 Å². The van der Waals surface area contributed by atoms with Crippen molar-refractivity contribution in [3.8, 4) is 11.1 Å². The molecule has 1 amide bonds. The maximum Gasteiger partial charge on any atom is 0.272 e. The molecule has 6 nitrogen and oxygen atoms in total. The highest BCUT2D eigenvalue weighted by Gasteiger charge is 2.35. The second-order valence-corrected chi connectivity index (χ2v) is 13.8. The topological polar surface area (TPSA) is 71.0 Å². The van der Waals surface area contributed by atoms with Crippen LogP contribution in [0.2, 0.25) is 0 Å². The Balaban J connectivity index is 1.33. The van der Waals surface area contributed by atoms with Crippen molar-refractivity contribution in [2.24, 2.45) is 0 Å². The van der Waals surface area contributed by atoms with Crippen LogP contribution in [-0.2, 0) is 27.4 Å². The van der Waals surface area contributed by atoms with Gasteiger partial charge in [-0.25, -0.2) is 0 Å². The number of halogens is 3. The van der Waals surface area contributed by atoms with Crippen molar-refractivity contribution in [2.45, 2.75) is 73.6 Å². The zero-order valence-corrected chi connectivity index (χ0v) is 26.9. The molecule has 234 valence electrons. The summed E-state index contributed by atoms with van der Waals surface area (Å²) in [5.74, 6) is -0.665. The van der Waals surface area contributed by atoms with Crippen LogP contribution in [0, 0.1) is 0 Å². The Morgan fingerprint density at radius 2 is 1.66 bits per heavy atom. The largest absolute Gasteiger partial charge is 0.392 e. The lowest BCUT2D eigenvalue weighted by Gasteiger charge is -2.39. The summed E-state index contributed by atoms with van der Waals surface area (Å²) in [5.41, 5.74) is 5.80. The van der Waals surface area contributed by atoms with Gasteiger partial charge >= 0.3 is 0 Å². The van der Waals surface area contributed by atoms with Crippen LogP contribution < -0.4 is 5.32 Å². The minimum absolute atomic E-state index is 0.0108. The predicted molar refractivity (Wildman–Crippen MR) is 176 cm³/mol. The molecule has 3 atom stereocenters. The fourth-order valence-electron chi connectivity index (χ4n) is 6.08. The lowest BCUT2D eigenvalue weighted by molar-refractivity contribution is -0.253. The van der Waals surface area contributed by atoms with Crippen molar-refractivity contribution in [1.82, 2.24) is 10.2 Å². The maximum atomic E-state index is 12.0. The van der Waals surface area contributed by atoms with E-state index in [0.717, 1.165) is 52.9 Å². The van der Waals surface area contributed by atoms with Gasteiger partial charge in [-0.3, -0.25) is 9.69 Å². The summed E-state index contributed by atoms with van der Waals surface area (Å²) in [5, 5.41) is 12.2. The van der Waals surface area contributed by atoms with E-state index in [2.05, 4.69) is 28.9 Å². The number of ether oxygens (including phenoxy) is 2. The van der Waals surface area contributed by atoms with E-state index in [4.69, 9.17) is 44.3 Å². The number of nitrogens with zero attached hydrogens (tertiary/aromatic N) is 1. The molecule has 1 aliphatic carbocycles. The van der Waals surface area contributed by atoms with Crippen LogP contribution in [0.1, 0.15) is 66.8 Å². The van der Waals surface area contributed by atoms with E-state index >= 15 is 0 Å². The zero-order chi connectivity index (χ0) is 31.1. The van der Waals surface area contributed by atoms with Crippen LogP contribution in [0.25, 0.3) is 11.1 Å². The first-order chi connectivity index (χ1) is 21.2. The number of benzene rings is 3. The van der Waals surface area contributed by atoms with E-state index < -0.39 is 16.0 Å². The van der Waals surface area contributed by atoms with E-state index in [-0.39, 0.29) is 25.4 Å². The summed E-state index contributed by atoms with van der Waals surface area (Å²) < 4.78 is 11.2. The van der Waals surface area contributed by atoms with Crippen LogP contribution in [0.5, 0.6) is 0 Å². The first kappa shape index (κ1) is 33.0. The molecule has 0 aromatic heterocycles. The van der Waals surface area contributed by atoms with E-state index in [0.29, 0.717) is 6.04 Å². The number of hydrogen-bond acceptors (Lipinski definition) is 5. The van der Waals surface area contributed by atoms with Gasteiger partial charge < -0.3 is 19.9 Å². The molecule has 44 heavy (non-hydrogen) atoms. The van der Waals surface area contributed by atoms with E-state index in [1.807, 2.05) is 66.7 Å². The Kier molecular flexibility index (Phi) is 11.4. The third kappa shape index (κ3) is 8.64. The normalized spacial score (nSPS) is 21.0. The van der Waals surface area contributed by atoms with E-state index in [1.54, 1.807) is 0 Å². The molecule has 2 fully saturated rings. The van der Waals surface area contributed by atoms with Crippen molar-refractivity contribution < 1.29 is 19.4 Å². The first-order valence-corrected chi connectivity index (χ1v) is 16.3. The van der Waals surface area contributed by atoms with Gasteiger partial charge in [0.05, 0.1) is 18.8 Å². The third-order valence-electron chi connectivity index (χ3n) is 8.41. The first-order valence-electron chi connectivity index (χ1n) is 15.1. The van der Waals surface area contributed by atoms with Gasteiger partial charge in [0.1, 0.15) is 0 Å². The molecule has 3 aromatic carbocycles. The Bertz CT molecular complexity index is 1390. The summed E-state index contributed by atoms with van der Waals surface area (Å²) in [6.45, 7) is 5.93. The number of aliphatic hydroxyl groups is 1. The molecule has 3 aromatic rings. The Morgan fingerprint density at radius 3 is 2.32 bits per heavy atom. The molecule has 0 bridgehead atoms. The van der Waals surface area contributed by atoms with Crippen LogP contribution >= 0.6 is 34.8 Å². The van der Waals surface area contributed by atoms with Gasteiger partial charge in [0.25, 0.3) is 9.70 Å². The van der Waals surface area contributed by atoms with Crippen molar-refractivity contribution in [2.75, 3.05) is 13.1 Å². The minimum Gasteiger partial charge on any atom is -0.392 e. The molecule has 2 N–H and O–H groups in total. The average molecular weight is 658 g/mol. The van der Waals surface area contributed by atoms with E-state index in [9.17, 15) is 9.90 Å². The Hall–Kier alpha value is -2.42. The van der Waals surface area contributed by atoms with Gasteiger partial charge in [-0.1, -0.05) is 120 Å². The molecular weight excluding hydrogens is 619 g/mol. The summed E-state index contributed by atoms with van der Waals surface area (Å²) in [6, 6.07) is 24.6. The minimum atomic E-state index is -2.00. The average Bonchev–Trinajstić information content (AvgIpc) is 3.58. The van der Waals surface area contributed by atoms with Gasteiger partial charge in [0, 0.05) is 37.7 Å². The summed E-state index contributed by atoms with van der Waals surface area (Å²) in [6.07, 6.45) is 7.03. The number of aliphatic hydroxyl groups excluding tert-OH is 1. The molecule has 0 radical (unpaired) electrons. The molecule has 0 spiro atoms. The summed E-state index contributed by atoms with van der Waals surface area (Å²) in [4.78, 5) is 14.5. The molecular formula is C35H39Cl3N2O4. The third-order valence-corrected chi connectivity index (χ3v) is 8.93. The molecule has 1 aliphatic heterocycles. The molecule has 1 heterocycles. The fraction of sp³-hybridized carbons (Fsp3) is 0.400. The molecule has 1 saturated carbocycles. The standard InChI is InChI=1S/C35H39Cl3N2O4/c1-2-18-40(30-8-3-4-9-30)22-31-20-32(27-12-10-24(23-41)11-13-27)44-33(43-31)28-16-14-26(15-17-28)29-7-5-6-25(19-29)21-39-34(42)35(36,37)38/h2,5-7,10-17,19,30-33,41H,1,3-4,8-9,18,20-23H2,(H,39,42)/t31-,32+,33+/m0/s1. The van der Waals surface area contributed by atoms with Gasteiger partial charge in [-0.05, 0) is 46.7 Å². The van der Waals surface area contributed by atoms with Gasteiger partial charge in [0.2, 0.25) is 0 Å². The van der Waals surface area contributed by atoms with E-state index in [1.165, 1.54) is 25.7 Å². The monoisotopic (exact) mass is 656 g/mol. The van der Waals surface area contributed by atoms with Crippen LogP contribution in [0.4, 0.5) is 0 Å². The lowest BCUT2D eigenvalue weighted by atomic mass is 9.98. The second kappa shape index (κ2) is 15.2. The number of carbonyl (C=O) groups is 1. The summed E-state index contributed by atoms with van der Waals surface area (Å²) >= 11 is 17.0. The Labute approximate surface area is 274 Å². The van der Waals surface area contributed by atoms with Crippen LogP contribution in [0.15, 0.2) is 85.5 Å². The molecule has 5 rings (SSSR count). The molecule has 2 aliphatic rings. The lowest BCUT2D eigenvalue weighted by Crippen LogP contribution is -2.43. The predicted octanol–water partition coefficient (Wildman–Crippen LogP) is 7.81. The van der Waals surface area contributed by atoms with Gasteiger partial charge in [0.15, 0.2) is 6.29 Å². The maximum absolute atomic E-state index is 12.0. The number of carbonyl (C=O) groups excluding carboxylic acids is 1. The highest BCUT2D eigenvalue weighted by atomic mass is 35.6. The Morgan fingerprint density at radius 1 is 0.955 bits per heavy atom. The summed E-state index contributed by atoms with van der Waals surface area (Å²) in [7, 11) is 0. The number of hydrogen-bond donors (Lipinski definition) is 2. The quantitative estimate of drug-likeness (QED) is 0.163. The fourth-order valence-corrected chi connectivity index (χ4v) is 6.28. The van der Waals surface area contributed by atoms with Crippen molar-refractivity contribution in [3.05, 3.63) is 108 Å². The zero-order valence-electron chi connectivity index (χ0n) is 24.6. The van der Waals surface area contributed by atoms with Crippen LogP contribution in [-0.4, -0.2) is 44.9 Å². The van der Waals surface area contributed by atoms with Gasteiger partial charge in [-0.2, -0.15) is 0 Å². The van der Waals surface area contributed by atoms with Crippen LogP contribution in [0.3, 0.4) is 0 Å². The van der Waals surface area contributed by atoms with Crippen molar-refractivity contribution in [1.29, 1.82) is 0 Å². The number of rotatable bonds is 11. The second-order valence-electron chi connectivity index (χ2n) is 11.5. The smallest absolute Gasteiger partial charge is 0.272 e. The molecule has 0 unspecified atom stereocenters. The highest BCUT2D eigenvalue weighted by Crippen LogP contribution is 2.39. The SMILES string of the molecule is C=CCN(C[C@@H]1C[C@H](c2ccc(CO)cc2)O[C@H](c2ccc(-c3cccc(CNC(=O)C(Cl)(Cl)Cl)c3)cc2)O1)C1CCCC1. The molecule has 9 heteroatoms. The number of alkyl halides is 3.